The summed E-state index contributed by atoms with van der Waals surface area (Å²) in [5, 5.41) is 3.25. The average molecular weight is 292 g/mol. The molecule has 1 aromatic carbocycles. The van der Waals surface area contributed by atoms with Crippen molar-refractivity contribution >= 4 is 17.5 Å². The van der Waals surface area contributed by atoms with Gasteiger partial charge in [-0.3, -0.25) is 4.79 Å². The Bertz CT molecular complexity index is 502. The molecule has 0 heterocycles. The predicted octanol–water partition coefficient (Wildman–Crippen LogP) is 3.49. The standard InChI is InChI=1S/C17H22ClNO/c1-2-12(18)9-10-19-17(20)16-14-8-7-11-5-3-4-6-13(11)15(14)16/h3-6,12,14-16H,2,7-10H2,1H3,(H,19,20). The van der Waals surface area contributed by atoms with Crippen molar-refractivity contribution < 1.29 is 4.79 Å². The molecule has 2 nitrogen and oxygen atoms in total. The van der Waals surface area contributed by atoms with Gasteiger partial charge in [-0.1, -0.05) is 31.2 Å². The maximum absolute atomic E-state index is 12.3. The summed E-state index contributed by atoms with van der Waals surface area (Å²) >= 11 is 6.08. The minimum Gasteiger partial charge on any atom is -0.356 e. The number of nitrogens with one attached hydrogen (secondary N) is 1. The minimum absolute atomic E-state index is 0.178. The van der Waals surface area contributed by atoms with E-state index in [1.165, 1.54) is 11.1 Å². The molecule has 0 spiro atoms. The third-order valence-corrected chi connectivity index (χ3v) is 5.36. The van der Waals surface area contributed by atoms with Crippen molar-refractivity contribution in [2.24, 2.45) is 11.8 Å². The summed E-state index contributed by atoms with van der Waals surface area (Å²) in [4.78, 5) is 12.3. The van der Waals surface area contributed by atoms with Crippen LogP contribution in [0.3, 0.4) is 0 Å². The van der Waals surface area contributed by atoms with Crippen molar-refractivity contribution in [3.63, 3.8) is 0 Å². The van der Waals surface area contributed by atoms with E-state index in [9.17, 15) is 4.79 Å². The first-order chi connectivity index (χ1) is 9.72. The molecule has 4 atom stereocenters. The molecule has 2 aliphatic rings. The summed E-state index contributed by atoms with van der Waals surface area (Å²) in [6, 6.07) is 8.60. The van der Waals surface area contributed by atoms with E-state index in [4.69, 9.17) is 11.6 Å². The van der Waals surface area contributed by atoms with Crippen LogP contribution in [0.2, 0.25) is 0 Å². The number of rotatable bonds is 5. The number of alkyl halides is 1. The second-order valence-corrected chi connectivity index (χ2v) is 6.66. The highest BCUT2D eigenvalue weighted by atomic mass is 35.5. The third-order valence-electron chi connectivity index (χ3n) is 4.83. The van der Waals surface area contributed by atoms with Crippen LogP contribution in [-0.2, 0) is 11.2 Å². The number of amides is 1. The van der Waals surface area contributed by atoms with E-state index in [2.05, 4.69) is 36.5 Å². The Morgan fingerprint density at radius 2 is 2.25 bits per heavy atom. The van der Waals surface area contributed by atoms with Crippen LogP contribution in [0.1, 0.15) is 43.2 Å². The van der Waals surface area contributed by atoms with E-state index in [1.807, 2.05) is 0 Å². The van der Waals surface area contributed by atoms with Crippen LogP contribution in [0.4, 0.5) is 0 Å². The number of carbonyl (C=O) groups is 1. The summed E-state index contributed by atoms with van der Waals surface area (Å²) in [7, 11) is 0. The van der Waals surface area contributed by atoms with Gasteiger partial charge in [-0.2, -0.15) is 0 Å². The molecule has 1 saturated carbocycles. The summed E-state index contributed by atoms with van der Waals surface area (Å²) in [6.45, 7) is 2.78. The van der Waals surface area contributed by atoms with Gasteiger partial charge in [0.05, 0.1) is 0 Å². The van der Waals surface area contributed by atoms with Crippen LogP contribution in [0.5, 0.6) is 0 Å². The van der Waals surface area contributed by atoms with Gasteiger partial charge in [0.1, 0.15) is 0 Å². The molecule has 1 amide bonds. The fourth-order valence-corrected chi connectivity index (χ4v) is 3.71. The first kappa shape index (κ1) is 13.9. The molecule has 1 N–H and O–H groups in total. The van der Waals surface area contributed by atoms with Gasteiger partial charge in [0.15, 0.2) is 0 Å². The molecule has 2 aliphatic carbocycles. The second-order valence-electron chi connectivity index (χ2n) is 6.04. The summed E-state index contributed by atoms with van der Waals surface area (Å²) in [6.07, 6.45) is 4.11. The molecule has 1 fully saturated rings. The van der Waals surface area contributed by atoms with Gasteiger partial charge in [-0.15, -0.1) is 11.6 Å². The summed E-state index contributed by atoms with van der Waals surface area (Å²) in [5.74, 6) is 1.48. The first-order valence-electron chi connectivity index (χ1n) is 7.72. The molecule has 0 saturated heterocycles. The second kappa shape index (κ2) is 5.77. The van der Waals surface area contributed by atoms with E-state index in [0.29, 0.717) is 18.4 Å². The Morgan fingerprint density at radius 3 is 3.05 bits per heavy atom. The lowest BCUT2D eigenvalue weighted by Crippen LogP contribution is -2.28. The van der Waals surface area contributed by atoms with Crippen LogP contribution < -0.4 is 5.32 Å². The molecule has 3 heteroatoms. The number of hydrogen-bond donors (Lipinski definition) is 1. The van der Waals surface area contributed by atoms with Gasteiger partial charge < -0.3 is 5.32 Å². The van der Waals surface area contributed by atoms with Crippen molar-refractivity contribution in [2.75, 3.05) is 6.54 Å². The van der Waals surface area contributed by atoms with Gasteiger partial charge in [-0.25, -0.2) is 0 Å². The highest BCUT2D eigenvalue weighted by Gasteiger charge is 2.56. The molecule has 0 aliphatic heterocycles. The maximum Gasteiger partial charge on any atom is 0.224 e. The van der Waals surface area contributed by atoms with Crippen LogP contribution in [0.15, 0.2) is 24.3 Å². The lowest BCUT2D eigenvalue weighted by atomic mass is 9.92. The zero-order valence-corrected chi connectivity index (χ0v) is 12.7. The number of benzene rings is 1. The fourth-order valence-electron chi connectivity index (χ4n) is 3.60. The van der Waals surface area contributed by atoms with Crippen molar-refractivity contribution in [3.05, 3.63) is 35.4 Å². The quantitative estimate of drug-likeness (QED) is 0.827. The van der Waals surface area contributed by atoms with Gasteiger partial charge in [0.25, 0.3) is 0 Å². The van der Waals surface area contributed by atoms with Crippen LogP contribution in [-0.4, -0.2) is 17.8 Å². The molecule has 0 aromatic heterocycles. The number of halogens is 1. The monoisotopic (exact) mass is 291 g/mol. The molecule has 0 radical (unpaired) electrons. The zero-order chi connectivity index (χ0) is 14.1. The van der Waals surface area contributed by atoms with Crippen molar-refractivity contribution in [1.82, 2.24) is 5.32 Å². The highest BCUT2D eigenvalue weighted by Crippen LogP contribution is 2.59. The Balaban J connectivity index is 1.57. The van der Waals surface area contributed by atoms with E-state index in [-0.39, 0.29) is 17.2 Å². The minimum atomic E-state index is 0.178. The average Bonchev–Trinajstić information content (AvgIpc) is 3.22. The number of carbonyl (C=O) groups excluding carboxylic acids is 1. The van der Waals surface area contributed by atoms with Crippen LogP contribution in [0, 0.1) is 11.8 Å². The van der Waals surface area contributed by atoms with Gasteiger partial charge in [-0.05, 0) is 48.6 Å². The molecule has 1 aromatic rings. The van der Waals surface area contributed by atoms with Gasteiger partial charge in [0.2, 0.25) is 5.91 Å². The molecule has 3 rings (SSSR count). The van der Waals surface area contributed by atoms with Crippen LogP contribution >= 0.6 is 11.6 Å². The topological polar surface area (TPSA) is 29.1 Å². The lowest BCUT2D eigenvalue weighted by molar-refractivity contribution is -0.122. The lowest BCUT2D eigenvalue weighted by Gasteiger charge is -2.13. The zero-order valence-electron chi connectivity index (χ0n) is 11.9. The van der Waals surface area contributed by atoms with E-state index >= 15 is 0 Å². The Hall–Kier alpha value is -1.02. The van der Waals surface area contributed by atoms with Crippen molar-refractivity contribution in [1.29, 1.82) is 0 Å². The molecular weight excluding hydrogens is 270 g/mol. The smallest absolute Gasteiger partial charge is 0.224 e. The largest absolute Gasteiger partial charge is 0.356 e. The van der Waals surface area contributed by atoms with Crippen LogP contribution in [0.25, 0.3) is 0 Å². The fraction of sp³-hybridized carbons (Fsp3) is 0.588. The summed E-state index contributed by atoms with van der Waals surface area (Å²) < 4.78 is 0. The number of fused-ring (bicyclic) bond motifs is 3. The number of aryl methyl sites for hydroxylation is 1. The predicted molar refractivity (Wildman–Crippen MR) is 82.0 cm³/mol. The SMILES string of the molecule is CCC(Cl)CCNC(=O)C1C2CCc3ccccc3C21. The molecule has 108 valence electrons. The molecule has 4 unspecified atom stereocenters. The Kier molecular flexibility index (Phi) is 4.02. The van der Waals surface area contributed by atoms with E-state index < -0.39 is 0 Å². The van der Waals surface area contributed by atoms with E-state index in [0.717, 1.165) is 25.7 Å². The van der Waals surface area contributed by atoms with Gasteiger partial charge in [0, 0.05) is 17.8 Å². The molecule has 20 heavy (non-hydrogen) atoms. The van der Waals surface area contributed by atoms with Crippen molar-refractivity contribution in [3.8, 4) is 0 Å². The third kappa shape index (κ3) is 2.58. The van der Waals surface area contributed by atoms with Crippen molar-refractivity contribution in [2.45, 2.75) is 43.9 Å². The normalized spacial score (nSPS) is 28.2. The number of hydrogen-bond acceptors (Lipinski definition) is 1. The highest BCUT2D eigenvalue weighted by molar-refractivity contribution is 6.20. The summed E-state index contributed by atoms with van der Waals surface area (Å²) in [5.41, 5.74) is 2.85. The Morgan fingerprint density at radius 1 is 1.45 bits per heavy atom. The Labute approximate surface area is 125 Å². The van der Waals surface area contributed by atoms with Gasteiger partial charge >= 0.3 is 0 Å². The van der Waals surface area contributed by atoms with E-state index in [1.54, 1.807) is 0 Å². The molecular formula is C17H22ClNO. The maximum atomic E-state index is 12.3. The first-order valence-corrected chi connectivity index (χ1v) is 8.15. The molecule has 0 bridgehead atoms.